The van der Waals surface area contributed by atoms with Crippen LogP contribution in [0.25, 0.3) is 0 Å². The topological polar surface area (TPSA) is 115 Å². The molecule has 0 radical (unpaired) electrons. The standard InChI is InChI=1S/C23H34N4O4/c1-4-15(5-2)9-19(25-3)22(30)27(14-28)16-10-23(11-16)12-17(13-23)31-21-18(20(24)29)7-6-8-26-21/h6-8,14-17,19,25H,4-5,9-13H2,1-3H3,(H2,24,29)/t16-,17-,19?,23?. The summed E-state index contributed by atoms with van der Waals surface area (Å²) in [6, 6.07) is 2.87. The molecule has 0 bridgehead atoms. The normalized spacial score (nSPS) is 25.4. The zero-order valence-corrected chi connectivity index (χ0v) is 18.7. The molecule has 2 saturated carbocycles. The third kappa shape index (κ3) is 4.89. The highest BCUT2D eigenvalue weighted by molar-refractivity contribution is 5.95. The molecule has 0 aliphatic heterocycles. The van der Waals surface area contributed by atoms with Gasteiger partial charge in [0.2, 0.25) is 18.2 Å². The third-order valence-electron chi connectivity index (χ3n) is 7.11. The van der Waals surface area contributed by atoms with E-state index < -0.39 is 5.91 Å². The number of nitrogens with two attached hydrogens (primary N) is 1. The quantitative estimate of drug-likeness (QED) is 0.521. The summed E-state index contributed by atoms with van der Waals surface area (Å²) in [7, 11) is 1.78. The van der Waals surface area contributed by atoms with Crippen LogP contribution in [-0.4, -0.2) is 53.3 Å². The average molecular weight is 431 g/mol. The van der Waals surface area contributed by atoms with Crippen LogP contribution >= 0.6 is 0 Å². The van der Waals surface area contributed by atoms with Gasteiger partial charge in [-0.15, -0.1) is 0 Å². The molecule has 3 N–H and O–H groups in total. The van der Waals surface area contributed by atoms with Gasteiger partial charge in [0.15, 0.2) is 0 Å². The molecule has 0 saturated heterocycles. The molecule has 2 aliphatic carbocycles. The van der Waals surface area contributed by atoms with Crippen molar-refractivity contribution in [2.24, 2.45) is 17.1 Å². The van der Waals surface area contributed by atoms with Gasteiger partial charge in [0.1, 0.15) is 11.7 Å². The van der Waals surface area contributed by atoms with Gasteiger partial charge in [-0.3, -0.25) is 19.3 Å². The number of hydrogen-bond acceptors (Lipinski definition) is 6. The minimum absolute atomic E-state index is 0.0331. The minimum Gasteiger partial charge on any atom is -0.474 e. The maximum Gasteiger partial charge on any atom is 0.254 e. The number of primary amides is 1. The van der Waals surface area contributed by atoms with Gasteiger partial charge in [-0.1, -0.05) is 26.7 Å². The van der Waals surface area contributed by atoms with Gasteiger partial charge >= 0.3 is 0 Å². The fraction of sp³-hybridized carbons (Fsp3) is 0.652. The molecule has 31 heavy (non-hydrogen) atoms. The number of nitrogens with zero attached hydrogens (tertiary/aromatic N) is 2. The van der Waals surface area contributed by atoms with E-state index in [1.165, 1.54) is 4.90 Å². The lowest BCUT2D eigenvalue weighted by Crippen LogP contribution is -2.61. The molecule has 1 spiro atoms. The molecule has 3 amide bonds. The van der Waals surface area contributed by atoms with E-state index in [0.29, 0.717) is 12.3 Å². The Bertz CT molecular complexity index is 797. The Kier molecular flexibility index (Phi) is 7.30. The van der Waals surface area contributed by atoms with E-state index in [0.717, 1.165) is 44.9 Å². The number of carbonyl (C=O) groups excluding carboxylic acids is 3. The first kappa shape index (κ1) is 23.2. The lowest BCUT2D eigenvalue weighted by atomic mass is 9.52. The van der Waals surface area contributed by atoms with Crippen molar-refractivity contribution in [1.29, 1.82) is 0 Å². The van der Waals surface area contributed by atoms with Crippen LogP contribution in [0.2, 0.25) is 0 Å². The largest absolute Gasteiger partial charge is 0.474 e. The van der Waals surface area contributed by atoms with E-state index in [2.05, 4.69) is 24.1 Å². The number of imide groups is 1. The molecule has 0 aromatic carbocycles. The van der Waals surface area contributed by atoms with Gasteiger partial charge in [0.05, 0.1) is 6.04 Å². The minimum atomic E-state index is -0.562. The Hall–Kier alpha value is -2.48. The molecule has 8 nitrogen and oxygen atoms in total. The van der Waals surface area contributed by atoms with Crippen LogP contribution in [0.15, 0.2) is 18.3 Å². The third-order valence-corrected chi connectivity index (χ3v) is 7.11. The predicted octanol–water partition coefficient (Wildman–Crippen LogP) is 2.27. The highest BCUT2D eigenvalue weighted by Gasteiger charge is 2.56. The van der Waals surface area contributed by atoms with Crippen LogP contribution < -0.4 is 15.8 Å². The summed E-state index contributed by atoms with van der Waals surface area (Å²) in [4.78, 5) is 41.8. The van der Waals surface area contributed by atoms with E-state index in [1.54, 1.807) is 25.4 Å². The Morgan fingerprint density at radius 3 is 2.55 bits per heavy atom. The molecule has 2 fully saturated rings. The van der Waals surface area contributed by atoms with Crippen molar-refractivity contribution in [3.63, 3.8) is 0 Å². The number of amides is 3. The summed E-state index contributed by atoms with van der Waals surface area (Å²) in [5, 5.41) is 3.10. The molecular formula is C23H34N4O4. The number of hydrogen-bond donors (Lipinski definition) is 2. The van der Waals surface area contributed by atoms with Crippen LogP contribution in [0, 0.1) is 11.3 Å². The summed E-state index contributed by atoms with van der Waals surface area (Å²) in [5.74, 6) is 0.0437. The molecule has 170 valence electrons. The van der Waals surface area contributed by atoms with E-state index in [4.69, 9.17) is 10.5 Å². The van der Waals surface area contributed by atoms with Crippen molar-refractivity contribution < 1.29 is 19.1 Å². The second kappa shape index (κ2) is 9.77. The summed E-state index contributed by atoms with van der Waals surface area (Å²) in [5.41, 5.74) is 5.77. The lowest BCUT2D eigenvalue weighted by molar-refractivity contribution is -0.156. The van der Waals surface area contributed by atoms with Gasteiger partial charge in [-0.2, -0.15) is 0 Å². The maximum absolute atomic E-state index is 13.0. The van der Waals surface area contributed by atoms with Crippen molar-refractivity contribution in [3.05, 3.63) is 23.9 Å². The van der Waals surface area contributed by atoms with Crippen LogP contribution in [0.5, 0.6) is 5.88 Å². The fourth-order valence-corrected chi connectivity index (χ4v) is 5.08. The van der Waals surface area contributed by atoms with Gasteiger partial charge in [-0.25, -0.2) is 4.98 Å². The van der Waals surface area contributed by atoms with Gasteiger partial charge in [0.25, 0.3) is 5.91 Å². The molecule has 2 aliphatic rings. The molecule has 1 heterocycles. The molecule has 1 atom stereocenters. The van der Waals surface area contributed by atoms with Crippen LogP contribution in [0.3, 0.4) is 0 Å². The summed E-state index contributed by atoms with van der Waals surface area (Å²) >= 11 is 0. The second-order valence-electron chi connectivity index (χ2n) is 9.04. The SMILES string of the molecule is CCC(CC)CC(NC)C(=O)N(C=O)[C@H]1CC2(C[C@H](Oc3ncccc3C(N)=O)C2)C1. The lowest BCUT2D eigenvalue weighted by Gasteiger charge is -2.58. The van der Waals surface area contributed by atoms with Crippen LogP contribution in [0.1, 0.15) is 69.2 Å². The Morgan fingerprint density at radius 1 is 1.32 bits per heavy atom. The smallest absolute Gasteiger partial charge is 0.254 e. The number of carbonyl (C=O) groups is 3. The first-order valence-corrected chi connectivity index (χ1v) is 11.2. The zero-order chi connectivity index (χ0) is 22.6. The van der Waals surface area contributed by atoms with Crippen LogP contribution in [-0.2, 0) is 9.59 Å². The molecule has 1 aromatic rings. The van der Waals surface area contributed by atoms with E-state index >= 15 is 0 Å². The number of likely N-dealkylation sites (N-methyl/N-ethyl adjacent to an activating group) is 1. The predicted molar refractivity (Wildman–Crippen MR) is 116 cm³/mol. The summed E-state index contributed by atoms with van der Waals surface area (Å²) in [6.07, 6.45) is 8.24. The van der Waals surface area contributed by atoms with E-state index in [9.17, 15) is 14.4 Å². The number of pyridine rings is 1. The number of rotatable bonds is 11. The highest BCUT2D eigenvalue weighted by Crippen LogP contribution is 2.58. The molecular weight excluding hydrogens is 396 g/mol. The second-order valence-corrected chi connectivity index (χ2v) is 9.04. The van der Waals surface area contributed by atoms with Gasteiger partial charge in [-0.05, 0) is 62.6 Å². The van der Waals surface area contributed by atoms with Crippen molar-refractivity contribution in [2.45, 2.75) is 77.0 Å². The number of nitrogens with one attached hydrogen (secondary N) is 1. The number of aromatic nitrogens is 1. The Balaban J connectivity index is 1.53. The van der Waals surface area contributed by atoms with Crippen molar-refractivity contribution in [1.82, 2.24) is 15.2 Å². The Labute approximate surface area is 183 Å². The summed E-state index contributed by atoms with van der Waals surface area (Å²) < 4.78 is 5.90. The molecule has 1 aromatic heterocycles. The monoisotopic (exact) mass is 430 g/mol. The zero-order valence-electron chi connectivity index (χ0n) is 18.7. The van der Waals surface area contributed by atoms with Crippen molar-refractivity contribution in [2.75, 3.05) is 7.05 Å². The number of ether oxygens (including phenoxy) is 1. The maximum atomic E-state index is 13.0. The van der Waals surface area contributed by atoms with Crippen molar-refractivity contribution in [3.8, 4) is 5.88 Å². The average Bonchev–Trinajstić information content (AvgIpc) is 2.71. The Morgan fingerprint density at radius 2 is 2.00 bits per heavy atom. The van der Waals surface area contributed by atoms with Crippen molar-refractivity contribution >= 4 is 18.2 Å². The first-order chi connectivity index (χ1) is 14.9. The molecule has 8 heteroatoms. The van der Waals surface area contributed by atoms with Gasteiger partial charge < -0.3 is 15.8 Å². The first-order valence-electron chi connectivity index (χ1n) is 11.2. The molecule has 3 rings (SSSR count). The fourth-order valence-electron chi connectivity index (χ4n) is 5.08. The van der Waals surface area contributed by atoms with Crippen LogP contribution in [0.4, 0.5) is 0 Å². The highest BCUT2D eigenvalue weighted by atomic mass is 16.5. The van der Waals surface area contributed by atoms with Gasteiger partial charge in [0, 0.05) is 12.2 Å². The summed E-state index contributed by atoms with van der Waals surface area (Å²) in [6.45, 7) is 4.26. The van der Waals surface area contributed by atoms with E-state index in [-0.39, 0.29) is 41.0 Å². The molecule has 1 unspecified atom stereocenters. The van der Waals surface area contributed by atoms with E-state index in [1.807, 2.05) is 0 Å².